The number of nitrogen functional groups attached to an aromatic ring is 1. The lowest BCUT2D eigenvalue weighted by Gasteiger charge is -2.16. The number of hydrogen-bond acceptors (Lipinski definition) is 5. The largest absolute Gasteiger partial charge is 0.490 e. The average molecular weight is 500 g/mol. The fourth-order valence-electron chi connectivity index (χ4n) is 2.67. The number of nitrogens with zero attached hydrogens (tertiary/aromatic N) is 1. The molecule has 3 aromatic rings. The van der Waals surface area contributed by atoms with Crippen molar-refractivity contribution in [3.8, 4) is 0 Å². The van der Waals surface area contributed by atoms with Crippen molar-refractivity contribution in [2.45, 2.75) is 32.4 Å². The number of nitrogens with two attached hydrogens (primary N) is 1. The van der Waals surface area contributed by atoms with E-state index in [9.17, 15) is 22.8 Å². The Kier molecular flexibility index (Phi) is 7.78. The number of halogens is 4. The highest BCUT2D eigenvalue weighted by Gasteiger charge is 2.38. The molecule has 1 aromatic carbocycles. The molecular weight excluding hydrogens is 479 g/mol. The molecular formula is C21H21ClF3N5O4. The first-order chi connectivity index (χ1) is 15.6. The summed E-state index contributed by atoms with van der Waals surface area (Å²) in [6.07, 6.45) is -0.488. The summed E-state index contributed by atoms with van der Waals surface area (Å²) in [6, 6.07) is 4.90. The number of nitrogens with one attached hydrogen (secondary N) is 3. The molecule has 0 aliphatic carbocycles. The highest BCUT2D eigenvalue weighted by atomic mass is 35.5. The summed E-state index contributed by atoms with van der Waals surface area (Å²) in [7, 11) is 0. The number of aromatic nitrogens is 4. The van der Waals surface area contributed by atoms with Crippen LogP contribution in [0.2, 0.25) is 5.02 Å². The molecule has 3 rings (SSSR count). The van der Waals surface area contributed by atoms with Crippen LogP contribution in [-0.4, -0.2) is 37.2 Å². The minimum Gasteiger partial charge on any atom is -0.475 e. The van der Waals surface area contributed by atoms with E-state index in [1.54, 1.807) is 30.6 Å². The van der Waals surface area contributed by atoms with E-state index >= 15 is 0 Å². The Morgan fingerprint density at radius 1 is 1.09 bits per heavy atom. The molecule has 0 saturated carbocycles. The van der Waals surface area contributed by atoms with Gasteiger partial charge in [0.1, 0.15) is 10.7 Å². The number of alkyl halides is 3. The Morgan fingerprint density at radius 2 is 1.62 bits per heavy atom. The fourth-order valence-corrected chi connectivity index (χ4v) is 2.85. The van der Waals surface area contributed by atoms with Gasteiger partial charge in [-0.2, -0.15) is 13.2 Å². The molecule has 182 valence electrons. The first kappa shape index (κ1) is 26.5. The topological polar surface area (TPSA) is 158 Å². The maximum Gasteiger partial charge on any atom is 0.490 e. The summed E-state index contributed by atoms with van der Waals surface area (Å²) < 4.78 is 31.7. The lowest BCUT2D eigenvalue weighted by Crippen LogP contribution is -2.46. The van der Waals surface area contributed by atoms with E-state index in [0.29, 0.717) is 22.0 Å². The van der Waals surface area contributed by atoms with Gasteiger partial charge >= 0.3 is 12.1 Å². The summed E-state index contributed by atoms with van der Waals surface area (Å²) in [5, 5.41) is 7.81. The highest BCUT2D eigenvalue weighted by molar-refractivity contribution is 6.30. The van der Waals surface area contributed by atoms with Crippen LogP contribution in [-0.2, 0) is 10.2 Å². The highest BCUT2D eigenvalue weighted by Crippen LogP contribution is 2.22. The SMILES string of the molecule is CC(C)(C)c1[nH]cnc1/C=c1\[nH]c(=O)/c(=C/c2cc(Cl)ccc2N)[nH]c1=O.O=C(O)C(F)(F)F. The smallest absolute Gasteiger partial charge is 0.475 e. The normalized spacial score (nSPS) is 12.9. The number of imidazole rings is 1. The Bertz CT molecular complexity index is 1430. The molecule has 0 bridgehead atoms. The standard InChI is InChI=1S/C19H20ClN5O2.C2HF3O2/c1-19(2,3)16-13(22-9-23-16)8-15-18(27)24-14(17(26)25-15)7-10-6-11(20)4-5-12(10)21;3-2(4,5)1(6)7/h4-9H,21H2,1-3H3,(H,22,23)(H,24,27)(H,25,26);(H,6,7)/b14-7-,15-8-;. The lowest BCUT2D eigenvalue weighted by molar-refractivity contribution is -0.192. The van der Waals surface area contributed by atoms with Crippen LogP contribution >= 0.6 is 11.6 Å². The van der Waals surface area contributed by atoms with Crippen LogP contribution < -0.4 is 27.6 Å². The number of carbonyl (C=O) groups is 1. The number of anilines is 1. The molecule has 0 amide bonds. The molecule has 0 aliphatic heterocycles. The van der Waals surface area contributed by atoms with Crippen molar-refractivity contribution < 1.29 is 23.1 Å². The van der Waals surface area contributed by atoms with Crippen molar-refractivity contribution in [1.29, 1.82) is 0 Å². The van der Waals surface area contributed by atoms with Gasteiger partial charge in [-0.1, -0.05) is 32.4 Å². The van der Waals surface area contributed by atoms with Gasteiger partial charge in [-0.3, -0.25) is 9.59 Å². The number of aromatic amines is 3. The zero-order valence-electron chi connectivity index (χ0n) is 18.2. The fraction of sp³-hybridized carbons (Fsp3) is 0.238. The summed E-state index contributed by atoms with van der Waals surface area (Å²) in [5.74, 6) is -2.76. The van der Waals surface area contributed by atoms with Crippen molar-refractivity contribution in [2.24, 2.45) is 0 Å². The van der Waals surface area contributed by atoms with Crippen molar-refractivity contribution in [1.82, 2.24) is 19.9 Å². The molecule has 0 saturated heterocycles. The van der Waals surface area contributed by atoms with Crippen LogP contribution in [0.15, 0.2) is 34.1 Å². The van der Waals surface area contributed by atoms with Gasteiger partial charge < -0.3 is 25.8 Å². The second kappa shape index (κ2) is 10.00. The zero-order valence-corrected chi connectivity index (χ0v) is 18.9. The average Bonchev–Trinajstić information content (AvgIpc) is 3.17. The van der Waals surface area contributed by atoms with Crippen molar-refractivity contribution in [2.75, 3.05) is 5.73 Å². The monoisotopic (exact) mass is 499 g/mol. The predicted octanol–water partition coefficient (Wildman–Crippen LogP) is 1.61. The molecule has 2 heterocycles. The maximum atomic E-state index is 12.4. The minimum absolute atomic E-state index is 0.0872. The van der Waals surface area contributed by atoms with E-state index < -0.39 is 23.3 Å². The van der Waals surface area contributed by atoms with E-state index in [4.69, 9.17) is 27.2 Å². The number of benzene rings is 1. The van der Waals surface area contributed by atoms with Gasteiger partial charge in [0.2, 0.25) is 0 Å². The van der Waals surface area contributed by atoms with Gasteiger partial charge in [-0.15, -0.1) is 0 Å². The van der Waals surface area contributed by atoms with Crippen molar-refractivity contribution >= 4 is 35.4 Å². The molecule has 0 spiro atoms. The van der Waals surface area contributed by atoms with Gasteiger partial charge in [0.25, 0.3) is 11.1 Å². The van der Waals surface area contributed by atoms with Gasteiger partial charge in [0, 0.05) is 27.4 Å². The number of rotatable bonds is 2. The van der Waals surface area contributed by atoms with Crippen LogP contribution in [0.4, 0.5) is 18.9 Å². The molecule has 2 aromatic heterocycles. The summed E-state index contributed by atoms with van der Waals surface area (Å²) in [5.41, 5.74) is 7.27. The molecule has 6 N–H and O–H groups in total. The zero-order chi connectivity index (χ0) is 25.8. The molecule has 0 aliphatic rings. The summed E-state index contributed by atoms with van der Waals surface area (Å²) in [6.45, 7) is 6.08. The van der Waals surface area contributed by atoms with Crippen LogP contribution in [0.3, 0.4) is 0 Å². The van der Waals surface area contributed by atoms with E-state index in [2.05, 4.69) is 19.9 Å². The maximum absolute atomic E-state index is 12.4. The molecule has 13 heteroatoms. The Labute approximate surface area is 194 Å². The Balaban J connectivity index is 0.000000509. The molecule has 0 radical (unpaired) electrons. The van der Waals surface area contributed by atoms with Crippen LogP contribution in [0.25, 0.3) is 12.2 Å². The number of hydrogen-bond donors (Lipinski definition) is 5. The third-order valence-electron chi connectivity index (χ3n) is 4.28. The van der Waals surface area contributed by atoms with Gasteiger partial charge in [-0.05, 0) is 30.4 Å². The van der Waals surface area contributed by atoms with E-state index in [-0.39, 0.29) is 16.1 Å². The summed E-state index contributed by atoms with van der Waals surface area (Å²) >= 11 is 5.96. The Hall–Kier alpha value is -3.80. The van der Waals surface area contributed by atoms with E-state index in [0.717, 1.165) is 5.69 Å². The van der Waals surface area contributed by atoms with Gasteiger partial charge in [-0.25, -0.2) is 9.78 Å². The van der Waals surface area contributed by atoms with Crippen molar-refractivity contribution in [3.05, 3.63) is 77.9 Å². The first-order valence-electron chi connectivity index (χ1n) is 9.54. The van der Waals surface area contributed by atoms with Crippen LogP contribution in [0.1, 0.15) is 37.7 Å². The van der Waals surface area contributed by atoms with Crippen LogP contribution in [0.5, 0.6) is 0 Å². The number of H-pyrrole nitrogens is 3. The van der Waals surface area contributed by atoms with E-state index in [1.807, 2.05) is 20.8 Å². The molecule has 0 unspecified atom stereocenters. The Morgan fingerprint density at radius 3 is 2.12 bits per heavy atom. The van der Waals surface area contributed by atoms with Gasteiger partial charge in [0.05, 0.1) is 12.0 Å². The second-order valence-corrected chi connectivity index (χ2v) is 8.45. The number of carboxylic acids is 1. The summed E-state index contributed by atoms with van der Waals surface area (Å²) in [4.78, 5) is 46.3. The quantitative estimate of drug-likeness (QED) is 0.337. The van der Waals surface area contributed by atoms with Crippen LogP contribution in [0, 0.1) is 0 Å². The number of carboxylic acid groups (broad SMARTS) is 1. The first-order valence-corrected chi connectivity index (χ1v) is 9.92. The third-order valence-corrected chi connectivity index (χ3v) is 4.51. The third kappa shape index (κ3) is 6.85. The van der Waals surface area contributed by atoms with Crippen molar-refractivity contribution in [3.63, 3.8) is 0 Å². The number of aliphatic carboxylic acids is 1. The minimum atomic E-state index is -5.08. The predicted molar refractivity (Wildman–Crippen MR) is 121 cm³/mol. The lowest BCUT2D eigenvalue weighted by atomic mass is 9.90. The molecule has 9 nitrogen and oxygen atoms in total. The van der Waals surface area contributed by atoms with E-state index in [1.165, 1.54) is 6.08 Å². The molecule has 34 heavy (non-hydrogen) atoms. The molecule has 0 fully saturated rings. The van der Waals surface area contributed by atoms with Gasteiger partial charge in [0.15, 0.2) is 0 Å². The molecule has 0 atom stereocenters. The second-order valence-electron chi connectivity index (χ2n) is 8.01.